The Kier molecular flexibility index (Phi) is 4.68. The maximum Gasteiger partial charge on any atom is 0.363 e. The zero-order valence-electron chi connectivity index (χ0n) is 13.9. The molecule has 0 spiro atoms. The fourth-order valence-corrected chi connectivity index (χ4v) is 3.36. The summed E-state index contributed by atoms with van der Waals surface area (Å²) < 4.78 is 5.14. The van der Waals surface area contributed by atoms with Crippen molar-refractivity contribution >= 4 is 46.6 Å². The summed E-state index contributed by atoms with van der Waals surface area (Å²) in [6.07, 6.45) is 3.16. The highest BCUT2D eigenvalue weighted by Crippen LogP contribution is 2.28. The Morgan fingerprint density at radius 2 is 2.11 bits per heavy atom. The number of carbonyl (C=O) groups is 1. The van der Waals surface area contributed by atoms with Gasteiger partial charge in [-0.2, -0.15) is 0 Å². The second kappa shape index (κ2) is 7.29. The van der Waals surface area contributed by atoms with E-state index in [4.69, 9.17) is 16.3 Å². The summed E-state index contributed by atoms with van der Waals surface area (Å²) in [6.45, 7) is 0. The molecular formula is C18H9ClN4O4S. The van der Waals surface area contributed by atoms with Crippen molar-refractivity contribution in [1.82, 2.24) is 9.97 Å². The molecule has 0 unspecified atom stereocenters. The zero-order valence-corrected chi connectivity index (χ0v) is 15.5. The van der Waals surface area contributed by atoms with E-state index in [1.54, 1.807) is 11.6 Å². The van der Waals surface area contributed by atoms with Gasteiger partial charge in [0.05, 0.1) is 16.3 Å². The van der Waals surface area contributed by atoms with E-state index in [2.05, 4.69) is 15.0 Å². The molecule has 1 aromatic carbocycles. The molecule has 1 aliphatic rings. The van der Waals surface area contributed by atoms with Gasteiger partial charge in [0.1, 0.15) is 10.0 Å². The minimum Gasteiger partial charge on any atom is -0.402 e. The summed E-state index contributed by atoms with van der Waals surface area (Å²) >= 11 is 7.19. The first kappa shape index (κ1) is 18.0. The van der Waals surface area contributed by atoms with Gasteiger partial charge in [0.15, 0.2) is 5.70 Å². The lowest BCUT2D eigenvalue weighted by atomic mass is 10.2. The number of carbonyl (C=O) groups excluding carboxylic acids is 1. The quantitative estimate of drug-likeness (QED) is 0.276. The van der Waals surface area contributed by atoms with Crippen molar-refractivity contribution in [2.24, 2.45) is 4.99 Å². The van der Waals surface area contributed by atoms with Crippen molar-refractivity contribution in [3.8, 4) is 10.7 Å². The number of hydrogen-bond donors (Lipinski definition) is 0. The number of nitro groups is 1. The third-order valence-corrected chi connectivity index (χ3v) is 4.90. The molecule has 10 heteroatoms. The van der Waals surface area contributed by atoms with E-state index in [-0.39, 0.29) is 27.9 Å². The predicted octanol–water partition coefficient (Wildman–Crippen LogP) is 4.11. The fourth-order valence-electron chi connectivity index (χ4n) is 2.42. The summed E-state index contributed by atoms with van der Waals surface area (Å²) in [5.74, 6) is -0.698. The van der Waals surface area contributed by atoms with Crippen molar-refractivity contribution in [2.45, 2.75) is 0 Å². The van der Waals surface area contributed by atoms with Crippen LogP contribution < -0.4 is 0 Å². The van der Waals surface area contributed by atoms with E-state index < -0.39 is 10.9 Å². The topological polar surface area (TPSA) is 108 Å². The first-order valence-electron chi connectivity index (χ1n) is 7.85. The first-order valence-corrected chi connectivity index (χ1v) is 9.11. The van der Waals surface area contributed by atoms with Gasteiger partial charge in [-0.3, -0.25) is 15.1 Å². The Labute approximate surface area is 167 Å². The monoisotopic (exact) mass is 412 g/mol. The van der Waals surface area contributed by atoms with E-state index in [9.17, 15) is 14.9 Å². The zero-order chi connectivity index (χ0) is 19.7. The van der Waals surface area contributed by atoms with Crippen molar-refractivity contribution in [3.63, 3.8) is 0 Å². The fraction of sp³-hybridized carbons (Fsp3) is 0. The number of cyclic esters (lactones) is 1. The lowest BCUT2D eigenvalue weighted by Gasteiger charge is -2.00. The number of aromatic nitrogens is 2. The molecule has 8 nitrogen and oxygen atoms in total. The summed E-state index contributed by atoms with van der Waals surface area (Å²) in [4.78, 5) is 35.3. The van der Waals surface area contributed by atoms with Crippen molar-refractivity contribution in [3.05, 3.63) is 80.1 Å². The Morgan fingerprint density at radius 1 is 1.25 bits per heavy atom. The Hall–Kier alpha value is -3.43. The van der Waals surface area contributed by atoms with E-state index in [0.717, 1.165) is 5.69 Å². The van der Waals surface area contributed by atoms with Gasteiger partial charge >= 0.3 is 5.97 Å². The Balaban J connectivity index is 1.64. The smallest absolute Gasteiger partial charge is 0.363 e. The van der Waals surface area contributed by atoms with Crippen LogP contribution in [-0.2, 0) is 9.53 Å². The van der Waals surface area contributed by atoms with Gasteiger partial charge in [0.2, 0.25) is 5.90 Å². The molecule has 3 aromatic rings. The summed E-state index contributed by atoms with van der Waals surface area (Å²) in [5.41, 5.74) is 1.29. The van der Waals surface area contributed by atoms with Crippen LogP contribution in [0.2, 0.25) is 5.02 Å². The molecule has 0 N–H and O–H groups in total. The number of nitro benzene ring substituents is 1. The number of thiazole rings is 1. The van der Waals surface area contributed by atoms with Crippen LogP contribution in [0.4, 0.5) is 5.69 Å². The van der Waals surface area contributed by atoms with Crippen LogP contribution >= 0.6 is 22.9 Å². The molecule has 0 amide bonds. The largest absolute Gasteiger partial charge is 0.402 e. The van der Waals surface area contributed by atoms with Crippen LogP contribution in [0, 0.1) is 10.1 Å². The van der Waals surface area contributed by atoms with E-state index >= 15 is 0 Å². The van der Waals surface area contributed by atoms with Crippen LogP contribution in [-0.4, -0.2) is 26.8 Å². The highest BCUT2D eigenvalue weighted by Gasteiger charge is 2.26. The highest BCUT2D eigenvalue weighted by molar-refractivity contribution is 7.13. The van der Waals surface area contributed by atoms with E-state index in [1.165, 1.54) is 35.6 Å². The van der Waals surface area contributed by atoms with Crippen LogP contribution in [0.25, 0.3) is 16.8 Å². The molecule has 1 aliphatic heterocycles. The molecule has 2 aromatic heterocycles. The number of benzene rings is 1. The van der Waals surface area contributed by atoms with E-state index in [1.807, 2.05) is 18.2 Å². The maximum atomic E-state index is 12.1. The Morgan fingerprint density at radius 3 is 2.86 bits per heavy atom. The molecule has 4 rings (SSSR count). The predicted molar refractivity (Wildman–Crippen MR) is 104 cm³/mol. The molecule has 0 aliphatic carbocycles. The number of esters is 1. The van der Waals surface area contributed by atoms with Gasteiger partial charge in [-0.25, -0.2) is 14.8 Å². The van der Waals surface area contributed by atoms with Gasteiger partial charge in [-0.1, -0.05) is 17.7 Å². The molecule has 0 bridgehead atoms. The third-order valence-electron chi connectivity index (χ3n) is 3.70. The molecule has 0 fully saturated rings. The minimum atomic E-state index is -0.667. The average Bonchev–Trinajstić information content (AvgIpc) is 3.30. The van der Waals surface area contributed by atoms with Crippen LogP contribution in [0.5, 0.6) is 0 Å². The molecule has 138 valence electrons. The maximum absolute atomic E-state index is 12.1. The van der Waals surface area contributed by atoms with Gasteiger partial charge in [0.25, 0.3) is 5.69 Å². The number of hydrogen-bond acceptors (Lipinski definition) is 8. The standard InChI is InChI=1S/C18H9ClN4O4S/c19-12-5-4-10(7-15(12)23(25)26)16-22-14(18(24)27-16)8-11-9-28-17(21-11)13-3-1-2-6-20-13/h1-9H/b14-8-. The van der Waals surface area contributed by atoms with Crippen molar-refractivity contribution < 1.29 is 14.5 Å². The number of nitrogens with zero attached hydrogens (tertiary/aromatic N) is 4. The van der Waals surface area contributed by atoms with Crippen LogP contribution in [0.3, 0.4) is 0 Å². The van der Waals surface area contributed by atoms with Gasteiger partial charge < -0.3 is 4.74 Å². The Bertz CT molecular complexity index is 1160. The molecular weight excluding hydrogens is 404 g/mol. The minimum absolute atomic E-state index is 0.0148. The van der Waals surface area contributed by atoms with E-state index in [0.29, 0.717) is 10.7 Å². The second-order valence-electron chi connectivity index (χ2n) is 5.55. The number of ether oxygens (including phenoxy) is 1. The summed E-state index contributed by atoms with van der Waals surface area (Å²) in [6, 6.07) is 9.56. The second-order valence-corrected chi connectivity index (χ2v) is 6.82. The van der Waals surface area contributed by atoms with Gasteiger partial charge in [0, 0.05) is 23.2 Å². The van der Waals surface area contributed by atoms with Gasteiger partial charge in [-0.15, -0.1) is 11.3 Å². The first-order chi connectivity index (χ1) is 13.5. The number of halogens is 1. The SMILES string of the molecule is O=C1OC(c2ccc(Cl)c([N+](=O)[O-])c2)=N/C1=C\c1csc(-c2ccccn2)n1. The summed E-state index contributed by atoms with van der Waals surface area (Å²) in [7, 11) is 0. The normalized spacial score (nSPS) is 14.8. The van der Waals surface area contributed by atoms with Gasteiger partial charge in [-0.05, 0) is 30.3 Å². The average molecular weight is 413 g/mol. The molecule has 0 radical (unpaired) electrons. The van der Waals surface area contributed by atoms with Crippen molar-refractivity contribution in [1.29, 1.82) is 0 Å². The molecule has 3 heterocycles. The number of rotatable bonds is 4. The molecule has 0 saturated carbocycles. The highest BCUT2D eigenvalue weighted by atomic mass is 35.5. The van der Waals surface area contributed by atoms with Crippen molar-refractivity contribution in [2.75, 3.05) is 0 Å². The number of pyridine rings is 1. The summed E-state index contributed by atoms with van der Waals surface area (Å²) in [5, 5.41) is 13.5. The molecule has 0 saturated heterocycles. The lowest BCUT2D eigenvalue weighted by molar-refractivity contribution is -0.384. The molecule has 28 heavy (non-hydrogen) atoms. The lowest BCUT2D eigenvalue weighted by Crippen LogP contribution is -2.06. The van der Waals surface area contributed by atoms with Crippen LogP contribution in [0.15, 0.2) is 58.7 Å². The molecule has 0 atom stereocenters. The number of aliphatic imine (C=N–C) groups is 1. The van der Waals surface area contributed by atoms with Crippen LogP contribution in [0.1, 0.15) is 11.3 Å². The third kappa shape index (κ3) is 3.53.